The van der Waals surface area contributed by atoms with Crippen LogP contribution in [0, 0.1) is 0 Å². The summed E-state index contributed by atoms with van der Waals surface area (Å²) in [6.07, 6.45) is 0. The second-order valence-corrected chi connectivity index (χ2v) is 5.57. The molecule has 2 rings (SSSR count). The average molecular weight is 332 g/mol. The van der Waals surface area contributed by atoms with Gasteiger partial charge in [-0.3, -0.25) is 0 Å². The minimum Gasteiger partial charge on any atom is -0.493 e. The Hall–Kier alpha value is -1.34. The Morgan fingerprint density at radius 2 is 2.06 bits per heavy atom. The van der Waals surface area contributed by atoms with Gasteiger partial charge in [0.05, 0.1) is 26.9 Å². The van der Waals surface area contributed by atoms with Crippen molar-refractivity contribution < 1.29 is 19.0 Å². The summed E-state index contributed by atoms with van der Waals surface area (Å²) >= 11 is 4.67. The highest BCUT2D eigenvalue weighted by Crippen LogP contribution is 2.42. The quantitative estimate of drug-likeness (QED) is 0.809. The monoisotopic (exact) mass is 331 g/mol. The third kappa shape index (κ3) is 2.04. The number of hydrogen-bond acceptors (Lipinski definition) is 6. The normalized spacial score (nSPS) is 10.4. The lowest BCUT2D eigenvalue weighted by Crippen LogP contribution is -2.03. The Labute approximate surface area is 116 Å². The smallest absolute Gasteiger partial charge is 0.340 e. The van der Waals surface area contributed by atoms with Crippen molar-refractivity contribution in [1.29, 1.82) is 0 Å². The number of methoxy groups -OCH3 is 3. The molecule has 1 heterocycles. The van der Waals surface area contributed by atoms with Crippen LogP contribution in [0.15, 0.2) is 9.98 Å². The van der Waals surface area contributed by atoms with Gasteiger partial charge in [0, 0.05) is 6.07 Å². The number of rotatable bonds is 3. The number of aromatic nitrogens is 1. The summed E-state index contributed by atoms with van der Waals surface area (Å²) in [6.45, 7) is 0. The summed E-state index contributed by atoms with van der Waals surface area (Å²) in [6, 6.07) is 1.57. The molecule has 0 radical (unpaired) electrons. The summed E-state index contributed by atoms with van der Waals surface area (Å²) in [5.74, 6) is 0.573. The lowest BCUT2D eigenvalue weighted by atomic mass is 10.1. The third-order valence-electron chi connectivity index (χ3n) is 2.39. The van der Waals surface area contributed by atoms with Crippen LogP contribution in [0.1, 0.15) is 10.4 Å². The van der Waals surface area contributed by atoms with E-state index in [1.165, 1.54) is 25.6 Å². The zero-order valence-electron chi connectivity index (χ0n) is 9.94. The van der Waals surface area contributed by atoms with Gasteiger partial charge in [0.1, 0.15) is 10.2 Å². The van der Waals surface area contributed by atoms with Crippen LogP contribution >= 0.6 is 27.3 Å². The number of carbonyl (C=O) groups excluding carboxylic acids is 1. The highest BCUT2D eigenvalue weighted by Gasteiger charge is 2.21. The van der Waals surface area contributed by atoms with Crippen LogP contribution in [0.5, 0.6) is 11.5 Å². The van der Waals surface area contributed by atoms with E-state index in [2.05, 4.69) is 20.9 Å². The van der Waals surface area contributed by atoms with Gasteiger partial charge in [-0.25, -0.2) is 9.78 Å². The second kappa shape index (κ2) is 5.11. The molecule has 0 aliphatic carbocycles. The van der Waals surface area contributed by atoms with E-state index >= 15 is 0 Å². The van der Waals surface area contributed by atoms with Gasteiger partial charge < -0.3 is 14.2 Å². The molecule has 0 amide bonds. The van der Waals surface area contributed by atoms with E-state index in [9.17, 15) is 4.79 Å². The van der Waals surface area contributed by atoms with E-state index in [4.69, 9.17) is 14.2 Å². The van der Waals surface area contributed by atoms with Crippen molar-refractivity contribution in [3.8, 4) is 11.5 Å². The van der Waals surface area contributed by atoms with Crippen molar-refractivity contribution in [2.24, 2.45) is 0 Å². The van der Waals surface area contributed by atoms with Gasteiger partial charge in [-0.2, -0.15) is 0 Å². The molecule has 0 unspecified atom stereocenters. The maximum absolute atomic E-state index is 11.7. The molecule has 1 aromatic heterocycles. The molecule has 0 saturated carbocycles. The molecule has 96 valence electrons. The predicted molar refractivity (Wildman–Crippen MR) is 71.8 cm³/mol. The molecule has 0 saturated heterocycles. The van der Waals surface area contributed by atoms with E-state index in [-0.39, 0.29) is 0 Å². The van der Waals surface area contributed by atoms with Crippen LogP contribution in [-0.2, 0) is 4.74 Å². The molecular weight excluding hydrogens is 322 g/mol. The van der Waals surface area contributed by atoms with Gasteiger partial charge in [-0.05, 0) is 15.9 Å². The lowest BCUT2D eigenvalue weighted by Gasteiger charge is -2.10. The van der Waals surface area contributed by atoms with E-state index in [0.29, 0.717) is 26.5 Å². The zero-order valence-corrected chi connectivity index (χ0v) is 12.3. The fourth-order valence-corrected chi connectivity index (χ4v) is 3.12. The minimum atomic E-state index is -0.459. The first kappa shape index (κ1) is 13.1. The number of thiazole rings is 1. The molecule has 0 fully saturated rings. The van der Waals surface area contributed by atoms with Crippen LogP contribution in [0.4, 0.5) is 0 Å². The molecule has 1 aromatic carbocycles. The van der Waals surface area contributed by atoms with Crippen LogP contribution in [0.3, 0.4) is 0 Å². The Morgan fingerprint density at radius 1 is 1.33 bits per heavy atom. The number of ether oxygens (including phenoxy) is 3. The predicted octanol–water partition coefficient (Wildman–Crippen LogP) is 2.86. The number of halogens is 1. The van der Waals surface area contributed by atoms with E-state index < -0.39 is 5.97 Å². The lowest BCUT2D eigenvalue weighted by molar-refractivity contribution is 0.0602. The number of nitrogens with zero attached hydrogens (tertiary/aromatic N) is 1. The van der Waals surface area contributed by atoms with Gasteiger partial charge in [-0.15, -0.1) is 11.3 Å². The highest BCUT2D eigenvalue weighted by molar-refractivity contribution is 9.11. The molecule has 5 nitrogen and oxygen atoms in total. The number of benzene rings is 1. The summed E-state index contributed by atoms with van der Waals surface area (Å²) in [5, 5.41) is 0. The maximum Gasteiger partial charge on any atom is 0.340 e. The van der Waals surface area contributed by atoms with Crippen LogP contribution in [0.2, 0.25) is 0 Å². The molecule has 0 bridgehead atoms. The molecule has 7 heteroatoms. The van der Waals surface area contributed by atoms with Gasteiger partial charge in [0.15, 0.2) is 15.4 Å². The summed E-state index contributed by atoms with van der Waals surface area (Å²) < 4.78 is 16.7. The van der Waals surface area contributed by atoms with Crippen LogP contribution < -0.4 is 9.47 Å². The first-order chi connectivity index (χ1) is 8.62. The molecule has 0 aliphatic heterocycles. The Balaban J connectivity index is 2.83. The highest BCUT2D eigenvalue weighted by atomic mass is 79.9. The summed E-state index contributed by atoms with van der Waals surface area (Å²) in [5.41, 5.74) is 0.892. The third-order valence-corrected chi connectivity index (χ3v) is 3.90. The van der Waals surface area contributed by atoms with Crippen molar-refractivity contribution >= 4 is 43.5 Å². The average Bonchev–Trinajstić information content (AvgIpc) is 2.76. The molecule has 0 spiro atoms. The van der Waals surface area contributed by atoms with E-state index in [1.807, 2.05) is 0 Å². The summed E-state index contributed by atoms with van der Waals surface area (Å²) in [4.78, 5) is 16.0. The number of esters is 1. The summed E-state index contributed by atoms with van der Waals surface area (Å²) in [7, 11) is 4.38. The number of fused-ring (bicyclic) bond motifs is 1. The topological polar surface area (TPSA) is 57.7 Å². The Morgan fingerprint density at radius 3 is 2.61 bits per heavy atom. The fourth-order valence-electron chi connectivity index (χ4n) is 1.62. The van der Waals surface area contributed by atoms with Gasteiger partial charge in [-0.1, -0.05) is 0 Å². The van der Waals surface area contributed by atoms with Crippen molar-refractivity contribution in [2.75, 3.05) is 21.3 Å². The standard InChI is InChI=1S/C11H10BrNO4S/c1-15-6-4-5(10(14)17-3)7-9(8(6)16-2)18-11(12)13-7/h4H,1-3H3. The number of carbonyl (C=O) groups is 1. The van der Waals surface area contributed by atoms with E-state index in [0.717, 1.165) is 4.70 Å². The van der Waals surface area contributed by atoms with Gasteiger partial charge >= 0.3 is 5.97 Å². The van der Waals surface area contributed by atoms with Crippen LogP contribution in [-0.4, -0.2) is 32.3 Å². The molecule has 0 aliphatic rings. The van der Waals surface area contributed by atoms with Crippen molar-refractivity contribution in [3.63, 3.8) is 0 Å². The molecule has 2 aromatic rings. The van der Waals surface area contributed by atoms with Crippen molar-refractivity contribution in [3.05, 3.63) is 15.5 Å². The van der Waals surface area contributed by atoms with Gasteiger partial charge in [0.25, 0.3) is 0 Å². The van der Waals surface area contributed by atoms with Gasteiger partial charge in [0.2, 0.25) is 0 Å². The molecule has 0 atom stereocenters. The first-order valence-corrected chi connectivity index (χ1v) is 6.52. The molecule has 18 heavy (non-hydrogen) atoms. The Kier molecular flexibility index (Phi) is 3.72. The number of hydrogen-bond donors (Lipinski definition) is 0. The second-order valence-electron chi connectivity index (χ2n) is 3.30. The SMILES string of the molecule is COC(=O)c1cc(OC)c(OC)c2sc(Br)nc12. The van der Waals surface area contributed by atoms with Crippen molar-refractivity contribution in [2.45, 2.75) is 0 Å². The first-order valence-electron chi connectivity index (χ1n) is 4.91. The Bertz CT molecular complexity index is 611. The minimum absolute atomic E-state index is 0.354. The van der Waals surface area contributed by atoms with E-state index in [1.54, 1.807) is 13.2 Å². The molecular formula is C11H10BrNO4S. The zero-order chi connectivity index (χ0) is 13.3. The maximum atomic E-state index is 11.7. The molecule has 0 N–H and O–H groups in total. The largest absolute Gasteiger partial charge is 0.493 e. The fraction of sp³-hybridized carbons (Fsp3) is 0.273. The van der Waals surface area contributed by atoms with Crippen LogP contribution in [0.25, 0.3) is 10.2 Å². The van der Waals surface area contributed by atoms with Crippen molar-refractivity contribution in [1.82, 2.24) is 4.98 Å².